The molecule has 1 fully saturated rings. The van der Waals surface area contributed by atoms with Gasteiger partial charge in [-0.25, -0.2) is 4.79 Å². The number of nitrogens with one attached hydrogen (secondary N) is 2. The molecule has 142 valence electrons. The molecule has 8 heteroatoms. The summed E-state index contributed by atoms with van der Waals surface area (Å²) in [5, 5.41) is 9.93. The van der Waals surface area contributed by atoms with E-state index in [1.807, 2.05) is 26.8 Å². The third-order valence-corrected chi connectivity index (χ3v) is 4.58. The molecule has 0 aromatic carbocycles. The second-order valence-corrected chi connectivity index (χ2v) is 6.93. The fourth-order valence-electron chi connectivity index (χ4n) is 3.03. The molecule has 2 atom stereocenters. The highest BCUT2D eigenvalue weighted by Crippen LogP contribution is 2.30. The lowest BCUT2D eigenvalue weighted by atomic mass is 9.91. The van der Waals surface area contributed by atoms with Gasteiger partial charge in [-0.1, -0.05) is 19.0 Å². The van der Waals surface area contributed by atoms with Crippen molar-refractivity contribution in [2.24, 2.45) is 5.92 Å². The van der Waals surface area contributed by atoms with Crippen molar-refractivity contribution in [3.63, 3.8) is 0 Å². The summed E-state index contributed by atoms with van der Waals surface area (Å²) in [6, 6.07) is 2.74. The van der Waals surface area contributed by atoms with Gasteiger partial charge in [-0.2, -0.15) is 4.98 Å². The van der Waals surface area contributed by atoms with Crippen LogP contribution in [0, 0.1) is 5.92 Å². The number of furan rings is 1. The summed E-state index contributed by atoms with van der Waals surface area (Å²) in [6.07, 6.45) is 3.25. The fraction of sp³-hybridized carbons (Fsp3) is 0.611. The molecular weight excluding hydrogens is 336 g/mol. The third-order valence-electron chi connectivity index (χ3n) is 4.58. The maximum absolute atomic E-state index is 12.5. The minimum atomic E-state index is -0.345. The minimum Gasteiger partial charge on any atom is -0.467 e. The molecule has 1 aliphatic heterocycles. The molecule has 1 aliphatic rings. The lowest BCUT2D eigenvalue weighted by molar-refractivity contribution is 0.0502. The van der Waals surface area contributed by atoms with E-state index < -0.39 is 0 Å². The van der Waals surface area contributed by atoms with Gasteiger partial charge in [0.15, 0.2) is 5.82 Å². The van der Waals surface area contributed by atoms with Crippen LogP contribution in [0.1, 0.15) is 69.1 Å². The first-order valence-electron chi connectivity index (χ1n) is 9.06. The van der Waals surface area contributed by atoms with Gasteiger partial charge in [0.1, 0.15) is 11.8 Å². The minimum absolute atomic E-state index is 0.163. The Morgan fingerprint density at radius 3 is 2.62 bits per heavy atom. The SMILES string of the molecule is CC(C)c1noc(C(NC(=O)NC(C)c2ccco2)C2CCOCC2)n1. The van der Waals surface area contributed by atoms with Crippen molar-refractivity contribution in [3.05, 3.63) is 35.9 Å². The first kappa shape index (κ1) is 18.4. The van der Waals surface area contributed by atoms with Crippen molar-refractivity contribution in [2.75, 3.05) is 13.2 Å². The Balaban J connectivity index is 1.71. The van der Waals surface area contributed by atoms with E-state index in [2.05, 4.69) is 20.8 Å². The number of hydrogen-bond acceptors (Lipinski definition) is 6. The van der Waals surface area contributed by atoms with Crippen LogP contribution in [0.25, 0.3) is 0 Å². The Morgan fingerprint density at radius 1 is 1.23 bits per heavy atom. The van der Waals surface area contributed by atoms with E-state index in [-0.39, 0.29) is 30.0 Å². The van der Waals surface area contributed by atoms with Gasteiger partial charge in [0.25, 0.3) is 0 Å². The van der Waals surface area contributed by atoms with Gasteiger partial charge in [-0.15, -0.1) is 0 Å². The standard InChI is InChI=1S/C18H26N4O4/c1-11(2)16-21-17(26-22-16)15(13-6-9-24-10-7-13)20-18(23)19-12(3)14-5-4-8-25-14/h4-5,8,11-13,15H,6-7,9-10H2,1-3H3,(H2,19,20,23). The van der Waals surface area contributed by atoms with E-state index in [1.165, 1.54) is 0 Å². The zero-order valence-electron chi connectivity index (χ0n) is 15.4. The van der Waals surface area contributed by atoms with Crippen LogP contribution in [0.5, 0.6) is 0 Å². The van der Waals surface area contributed by atoms with E-state index in [4.69, 9.17) is 13.7 Å². The molecule has 2 aromatic heterocycles. The van der Waals surface area contributed by atoms with Crippen LogP contribution in [-0.2, 0) is 4.74 Å². The van der Waals surface area contributed by atoms with Crippen LogP contribution in [-0.4, -0.2) is 29.4 Å². The normalized spacial score (nSPS) is 17.8. The van der Waals surface area contributed by atoms with Crippen LogP contribution >= 0.6 is 0 Å². The second kappa shape index (κ2) is 8.35. The first-order valence-corrected chi connectivity index (χ1v) is 9.06. The fourth-order valence-corrected chi connectivity index (χ4v) is 3.03. The number of aromatic nitrogens is 2. The van der Waals surface area contributed by atoms with Crippen molar-refractivity contribution >= 4 is 6.03 Å². The number of carbonyl (C=O) groups excluding carboxylic acids is 1. The zero-order chi connectivity index (χ0) is 18.5. The first-order chi connectivity index (χ1) is 12.5. The Hall–Kier alpha value is -2.35. The van der Waals surface area contributed by atoms with Crippen molar-refractivity contribution in [3.8, 4) is 0 Å². The summed E-state index contributed by atoms with van der Waals surface area (Å²) < 4.78 is 16.2. The Morgan fingerprint density at radius 2 is 2.00 bits per heavy atom. The maximum atomic E-state index is 12.5. The molecule has 3 heterocycles. The van der Waals surface area contributed by atoms with E-state index in [9.17, 15) is 4.79 Å². The molecule has 2 aromatic rings. The molecule has 8 nitrogen and oxygen atoms in total. The number of nitrogens with zero attached hydrogens (tertiary/aromatic N) is 2. The quantitative estimate of drug-likeness (QED) is 0.817. The molecule has 3 rings (SSSR count). The molecule has 1 saturated heterocycles. The molecule has 2 N–H and O–H groups in total. The molecule has 2 amide bonds. The van der Waals surface area contributed by atoms with Crippen molar-refractivity contribution in [1.82, 2.24) is 20.8 Å². The van der Waals surface area contributed by atoms with Gasteiger partial charge in [-0.3, -0.25) is 0 Å². The highest BCUT2D eigenvalue weighted by atomic mass is 16.5. The van der Waals surface area contributed by atoms with Crippen LogP contribution in [0.4, 0.5) is 4.79 Å². The number of ether oxygens (including phenoxy) is 1. The lowest BCUT2D eigenvalue weighted by Gasteiger charge is -2.29. The number of hydrogen-bond donors (Lipinski definition) is 2. The molecule has 0 spiro atoms. The van der Waals surface area contributed by atoms with E-state index >= 15 is 0 Å². The molecular formula is C18H26N4O4. The van der Waals surface area contributed by atoms with Crippen LogP contribution in [0.3, 0.4) is 0 Å². The highest BCUT2D eigenvalue weighted by Gasteiger charge is 2.32. The average molecular weight is 362 g/mol. The topological polar surface area (TPSA) is 102 Å². The maximum Gasteiger partial charge on any atom is 0.316 e. The Kier molecular flexibility index (Phi) is 5.92. The molecule has 26 heavy (non-hydrogen) atoms. The number of amides is 2. The van der Waals surface area contributed by atoms with Gasteiger partial charge < -0.3 is 24.3 Å². The largest absolute Gasteiger partial charge is 0.467 e. The summed E-state index contributed by atoms with van der Waals surface area (Å²) in [5.41, 5.74) is 0. The van der Waals surface area contributed by atoms with Gasteiger partial charge >= 0.3 is 6.03 Å². The smallest absolute Gasteiger partial charge is 0.316 e. The predicted molar refractivity (Wildman–Crippen MR) is 93.5 cm³/mol. The van der Waals surface area contributed by atoms with Gasteiger partial charge in [0.2, 0.25) is 5.89 Å². The van der Waals surface area contributed by atoms with E-state index in [0.717, 1.165) is 12.8 Å². The summed E-state index contributed by atoms with van der Waals surface area (Å²) in [4.78, 5) is 17.0. The van der Waals surface area contributed by atoms with Gasteiger partial charge in [0, 0.05) is 19.1 Å². The molecule has 0 saturated carbocycles. The van der Waals surface area contributed by atoms with Crippen LogP contribution < -0.4 is 10.6 Å². The zero-order valence-corrected chi connectivity index (χ0v) is 15.4. The van der Waals surface area contributed by atoms with Gasteiger partial charge in [0.05, 0.1) is 12.3 Å². The van der Waals surface area contributed by atoms with Crippen molar-refractivity contribution in [1.29, 1.82) is 0 Å². The van der Waals surface area contributed by atoms with Crippen molar-refractivity contribution < 1.29 is 18.5 Å². The summed E-state index contributed by atoms with van der Waals surface area (Å²) in [7, 11) is 0. The summed E-state index contributed by atoms with van der Waals surface area (Å²) in [5.74, 6) is 2.14. The molecule has 0 aliphatic carbocycles. The van der Waals surface area contributed by atoms with Crippen LogP contribution in [0.15, 0.2) is 27.3 Å². The average Bonchev–Trinajstić information content (AvgIpc) is 3.32. The second-order valence-electron chi connectivity index (χ2n) is 6.93. The highest BCUT2D eigenvalue weighted by molar-refractivity contribution is 5.74. The van der Waals surface area contributed by atoms with Crippen molar-refractivity contribution in [2.45, 2.75) is 51.6 Å². The van der Waals surface area contributed by atoms with E-state index in [0.29, 0.717) is 30.7 Å². The number of carbonyl (C=O) groups is 1. The third kappa shape index (κ3) is 4.43. The predicted octanol–water partition coefficient (Wildman–Crippen LogP) is 3.31. The summed E-state index contributed by atoms with van der Waals surface area (Å²) in [6.45, 7) is 7.20. The number of urea groups is 1. The molecule has 0 radical (unpaired) electrons. The van der Waals surface area contributed by atoms with Gasteiger partial charge in [-0.05, 0) is 37.8 Å². The molecule has 0 bridgehead atoms. The Labute approximate surface area is 152 Å². The monoisotopic (exact) mass is 362 g/mol. The lowest BCUT2D eigenvalue weighted by Crippen LogP contribution is -2.42. The summed E-state index contributed by atoms with van der Waals surface area (Å²) >= 11 is 0. The Bertz CT molecular complexity index is 692. The molecule has 2 unspecified atom stereocenters. The van der Waals surface area contributed by atoms with Crippen LogP contribution in [0.2, 0.25) is 0 Å². The van der Waals surface area contributed by atoms with E-state index in [1.54, 1.807) is 12.3 Å². The number of rotatable bonds is 6.